The van der Waals surface area contributed by atoms with Crippen LogP contribution in [0.3, 0.4) is 0 Å². The fraction of sp³-hybridized carbons (Fsp3) is 0.423. The van der Waals surface area contributed by atoms with Gasteiger partial charge in [0, 0.05) is 36.8 Å². The van der Waals surface area contributed by atoms with Crippen LogP contribution in [0.15, 0.2) is 54.7 Å². The van der Waals surface area contributed by atoms with E-state index in [-0.39, 0.29) is 29.6 Å². The summed E-state index contributed by atoms with van der Waals surface area (Å²) < 4.78 is 0. The number of ketones is 1. The summed E-state index contributed by atoms with van der Waals surface area (Å²) in [6.07, 6.45) is 6.61. The average Bonchev–Trinajstić information content (AvgIpc) is 2.74. The highest BCUT2D eigenvalue weighted by Gasteiger charge is 2.21. The van der Waals surface area contributed by atoms with E-state index in [1.165, 1.54) is 6.08 Å². The van der Waals surface area contributed by atoms with Gasteiger partial charge in [0.15, 0.2) is 0 Å². The Morgan fingerprint density at radius 3 is 2.72 bits per heavy atom. The molecule has 0 bridgehead atoms. The van der Waals surface area contributed by atoms with Crippen LogP contribution in [0.4, 0.5) is 5.82 Å². The van der Waals surface area contributed by atoms with Crippen molar-refractivity contribution in [3.05, 3.63) is 60.3 Å². The number of nitrogens with one attached hydrogen (secondary N) is 1. The lowest BCUT2D eigenvalue weighted by atomic mass is 9.84. The third kappa shape index (κ3) is 6.58. The normalized spacial score (nSPS) is 18.1. The second kappa shape index (κ2) is 11.2. The van der Waals surface area contributed by atoms with Gasteiger partial charge >= 0.3 is 0 Å². The first-order valence-corrected chi connectivity index (χ1v) is 11.3. The number of anilines is 1. The molecule has 170 valence electrons. The Kier molecular flexibility index (Phi) is 8.31. The second-order valence-electron chi connectivity index (χ2n) is 8.84. The lowest BCUT2D eigenvalue weighted by Gasteiger charge is -2.28. The third-order valence-corrected chi connectivity index (χ3v) is 5.81. The molecule has 1 saturated heterocycles. The SMILES string of the molecule is CC(=O)C(c1cccc(-c2ccc(NC(=O)/C=C/CN3CCCC(O)C3)nc2)c1)C(C)C. The van der Waals surface area contributed by atoms with Crippen LogP contribution in [0.5, 0.6) is 0 Å². The van der Waals surface area contributed by atoms with Crippen LogP contribution in [-0.4, -0.2) is 52.4 Å². The molecule has 2 heterocycles. The predicted octanol–water partition coefficient (Wildman–Crippen LogP) is 4.03. The van der Waals surface area contributed by atoms with Gasteiger partial charge in [-0.25, -0.2) is 4.98 Å². The molecule has 1 fully saturated rings. The van der Waals surface area contributed by atoms with Gasteiger partial charge in [0.05, 0.1) is 6.10 Å². The Morgan fingerprint density at radius 2 is 2.06 bits per heavy atom. The van der Waals surface area contributed by atoms with Crippen molar-refractivity contribution in [1.29, 1.82) is 0 Å². The highest BCUT2D eigenvalue weighted by Crippen LogP contribution is 2.29. The van der Waals surface area contributed by atoms with Crippen molar-refractivity contribution in [3.8, 4) is 11.1 Å². The number of piperidine rings is 1. The minimum Gasteiger partial charge on any atom is -0.392 e. The molecule has 32 heavy (non-hydrogen) atoms. The summed E-state index contributed by atoms with van der Waals surface area (Å²) in [4.78, 5) is 30.8. The zero-order chi connectivity index (χ0) is 23.1. The molecule has 1 aromatic heterocycles. The number of carbonyl (C=O) groups excluding carboxylic acids is 2. The number of benzene rings is 1. The van der Waals surface area contributed by atoms with Gasteiger partial charge < -0.3 is 10.4 Å². The van der Waals surface area contributed by atoms with Gasteiger partial charge in [-0.15, -0.1) is 0 Å². The molecule has 0 aliphatic carbocycles. The molecule has 3 rings (SSSR count). The van der Waals surface area contributed by atoms with E-state index < -0.39 is 0 Å². The maximum atomic E-state index is 12.2. The lowest BCUT2D eigenvalue weighted by Crippen LogP contribution is -2.38. The van der Waals surface area contributed by atoms with Crippen molar-refractivity contribution >= 4 is 17.5 Å². The van der Waals surface area contributed by atoms with Gasteiger partial charge in [-0.2, -0.15) is 0 Å². The Balaban J connectivity index is 1.60. The number of pyridine rings is 1. The van der Waals surface area contributed by atoms with Crippen molar-refractivity contribution in [2.45, 2.75) is 45.6 Å². The number of aliphatic hydroxyl groups excluding tert-OH is 1. The summed E-state index contributed by atoms with van der Waals surface area (Å²) >= 11 is 0. The molecule has 0 radical (unpaired) electrons. The quantitative estimate of drug-likeness (QED) is 0.612. The number of β-amino-alcohol motifs (C(OH)–C–C–N with tert-alkyl or cyclic N) is 1. The van der Waals surface area contributed by atoms with E-state index in [2.05, 4.69) is 29.0 Å². The zero-order valence-electron chi connectivity index (χ0n) is 19.1. The number of rotatable bonds is 8. The first-order chi connectivity index (χ1) is 15.3. The fourth-order valence-electron chi connectivity index (χ4n) is 4.31. The topological polar surface area (TPSA) is 82.5 Å². The van der Waals surface area contributed by atoms with E-state index in [1.54, 1.807) is 19.2 Å². The van der Waals surface area contributed by atoms with Gasteiger partial charge in [0.25, 0.3) is 0 Å². The Labute approximate surface area is 190 Å². The highest BCUT2D eigenvalue weighted by molar-refractivity contribution is 5.98. The number of hydrogen-bond acceptors (Lipinski definition) is 5. The molecule has 2 unspecified atom stereocenters. The number of aromatic nitrogens is 1. The van der Waals surface area contributed by atoms with Crippen molar-refractivity contribution in [2.75, 3.05) is 25.0 Å². The minimum atomic E-state index is -0.270. The van der Waals surface area contributed by atoms with E-state index in [1.807, 2.05) is 36.4 Å². The number of carbonyl (C=O) groups is 2. The summed E-state index contributed by atoms with van der Waals surface area (Å²) in [5, 5.41) is 12.5. The number of hydrogen-bond donors (Lipinski definition) is 2. The van der Waals surface area contributed by atoms with Gasteiger partial charge in [-0.3, -0.25) is 14.5 Å². The molecule has 0 spiro atoms. The number of nitrogens with zero attached hydrogens (tertiary/aromatic N) is 2. The molecular weight excluding hydrogens is 402 g/mol. The van der Waals surface area contributed by atoms with Crippen LogP contribution in [0.25, 0.3) is 11.1 Å². The van der Waals surface area contributed by atoms with E-state index in [0.29, 0.717) is 18.9 Å². The first kappa shape index (κ1) is 23.8. The Morgan fingerprint density at radius 1 is 1.25 bits per heavy atom. The van der Waals surface area contributed by atoms with E-state index in [9.17, 15) is 14.7 Å². The van der Waals surface area contributed by atoms with Gasteiger partial charge in [-0.05, 0) is 55.5 Å². The van der Waals surface area contributed by atoms with Gasteiger partial charge in [-0.1, -0.05) is 44.2 Å². The predicted molar refractivity (Wildman–Crippen MR) is 127 cm³/mol. The van der Waals surface area contributed by atoms with Crippen molar-refractivity contribution in [1.82, 2.24) is 9.88 Å². The summed E-state index contributed by atoms with van der Waals surface area (Å²) in [7, 11) is 0. The minimum absolute atomic E-state index is 0.124. The fourth-order valence-corrected chi connectivity index (χ4v) is 4.31. The number of Topliss-reactive ketones (excluding diaryl/α,β-unsaturated/α-hetero) is 1. The molecule has 6 heteroatoms. The number of likely N-dealkylation sites (tertiary alicyclic amines) is 1. The molecule has 1 aliphatic heterocycles. The van der Waals surface area contributed by atoms with Crippen molar-refractivity contribution in [2.24, 2.45) is 5.92 Å². The molecule has 2 aromatic rings. The second-order valence-corrected chi connectivity index (χ2v) is 8.84. The lowest BCUT2D eigenvalue weighted by molar-refractivity contribution is -0.119. The Hall–Kier alpha value is -2.83. The molecule has 2 N–H and O–H groups in total. The maximum Gasteiger partial charge on any atom is 0.249 e. The molecule has 6 nitrogen and oxygen atoms in total. The van der Waals surface area contributed by atoms with E-state index in [4.69, 9.17) is 0 Å². The highest BCUT2D eigenvalue weighted by atomic mass is 16.3. The van der Waals surface area contributed by atoms with Crippen LogP contribution in [0, 0.1) is 5.92 Å². The summed E-state index contributed by atoms with van der Waals surface area (Å²) in [5.41, 5.74) is 2.92. The van der Waals surface area contributed by atoms with Crippen LogP contribution in [-0.2, 0) is 9.59 Å². The van der Waals surface area contributed by atoms with Crippen molar-refractivity contribution in [3.63, 3.8) is 0 Å². The van der Waals surface area contributed by atoms with Crippen LogP contribution in [0.2, 0.25) is 0 Å². The summed E-state index contributed by atoms with van der Waals surface area (Å²) in [6.45, 7) is 7.99. The van der Waals surface area contributed by atoms with Gasteiger partial charge in [0.2, 0.25) is 5.91 Å². The molecule has 2 atom stereocenters. The zero-order valence-corrected chi connectivity index (χ0v) is 19.1. The van der Waals surface area contributed by atoms with Gasteiger partial charge in [0.1, 0.15) is 11.6 Å². The van der Waals surface area contributed by atoms with E-state index in [0.717, 1.165) is 36.1 Å². The molecule has 1 aromatic carbocycles. The van der Waals surface area contributed by atoms with Crippen LogP contribution in [0.1, 0.15) is 45.1 Å². The monoisotopic (exact) mass is 435 g/mol. The molecule has 0 saturated carbocycles. The molecule has 1 aliphatic rings. The van der Waals surface area contributed by atoms with E-state index >= 15 is 0 Å². The smallest absolute Gasteiger partial charge is 0.249 e. The largest absolute Gasteiger partial charge is 0.392 e. The molecular formula is C26H33N3O3. The van der Waals surface area contributed by atoms with Crippen LogP contribution < -0.4 is 5.32 Å². The number of amides is 1. The third-order valence-electron chi connectivity index (χ3n) is 5.81. The molecule has 1 amide bonds. The Bertz CT molecular complexity index is 953. The van der Waals surface area contributed by atoms with Crippen molar-refractivity contribution < 1.29 is 14.7 Å². The summed E-state index contributed by atoms with van der Waals surface area (Å²) in [5.74, 6) is 0.522. The number of aliphatic hydroxyl groups is 1. The maximum absolute atomic E-state index is 12.2. The van der Waals surface area contributed by atoms with Crippen LogP contribution >= 0.6 is 0 Å². The summed E-state index contributed by atoms with van der Waals surface area (Å²) in [6, 6.07) is 11.7. The average molecular weight is 436 g/mol. The standard InChI is InChI=1S/C26H33N3O3/c1-18(2)26(19(3)30)21-8-4-7-20(15-21)22-11-12-24(27-16-22)28-25(32)10-6-14-29-13-5-9-23(31)17-29/h4,6-8,10-12,15-16,18,23,26,31H,5,9,13-14,17H2,1-3H3,(H,27,28,32)/b10-6+. The first-order valence-electron chi connectivity index (χ1n) is 11.3.